The van der Waals surface area contributed by atoms with Gasteiger partial charge < -0.3 is 11.5 Å². The van der Waals surface area contributed by atoms with Gasteiger partial charge in [0.2, 0.25) is 0 Å². The zero-order valence-corrected chi connectivity index (χ0v) is 9.58. The van der Waals surface area contributed by atoms with Gasteiger partial charge in [0, 0.05) is 5.70 Å². The summed E-state index contributed by atoms with van der Waals surface area (Å²) in [7, 11) is 0. The summed E-state index contributed by atoms with van der Waals surface area (Å²) in [5, 5.41) is 0. The summed E-state index contributed by atoms with van der Waals surface area (Å²) in [5.74, 6) is 0. The van der Waals surface area contributed by atoms with Crippen molar-refractivity contribution in [2.24, 2.45) is 11.5 Å². The fourth-order valence-corrected chi connectivity index (χ4v) is 1.14. The molecular weight excluding hydrogens is 240 g/mol. The SMILES string of the molecule is Cc1ccc(/C(N)=C/C=C(\N)Br)cc1. The molecule has 0 spiro atoms. The number of hydrogen-bond acceptors (Lipinski definition) is 2. The lowest BCUT2D eigenvalue weighted by atomic mass is 10.1. The first kappa shape index (κ1) is 10.9. The Morgan fingerprint density at radius 2 is 1.71 bits per heavy atom. The van der Waals surface area contributed by atoms with Gasteiger partial charge in [0.15, 0.2) is 0 Å². The summed E-state index contributed by atoms with van der Waals surface area (Å²) in [6.45, 7) is 2.04. The standard InChI is InChI=1S/C11H13BrN2/c1-8-2-4-9(5-3-8)10(13)6-7-11(12)14/h2-7H,13-14H2,1H3/b10-6-,11-7-. The van der Waals surface area contributed by atoms with Crippen LogP contribution in [0.15, 0.2) is 41.0 Å². The van der Waals surface area contributed by atoms with E-state index in [0.29, 0.717) is 10.3 Å². The zero-order valence-electron chi connectivity index (χ0n) is 8.00. The number of rotatable bonds is 2. The summed E-state index contributed by atoms with van der Waals surface area (Å²) in [4.78, 5) is 0. The first-order valence-electron chi connectivity index (χ1n) is 4.25. The third-order valence-electron chi connectivity index (χ3n) is 1.81. The van der Waals surface area contributed by atoms with E-state index in [4.69, 9.17) is 11.5 Å². The highest BCUT2D eigenvalue weighted by molar-refractivity contribution is 9.11. The molecule has 2 nitrogen and oxygen atoms in total. The van der Waals surface area contributed by atoms with E-state index < -0.39 is 0 Å². The zero-order chi connectivity index (χ0) is 10.6. The Morgan fingerprint density at radius 3 is 2.21 bits per heavy atom. The van der Waals surface area contributed by atoms with Crippen LogP contribution >= 0.6 is 15.9 Å². The van der Waals surface area contributed by atoms with Crippen molar-refractivity contribution in [3.05, 3.63) is 52.2 Å². The molecule has 1 rings (SSSR count). The Hall–Kier alpha value is -1.22. The second kappa shape index (κ2) is 4.86. The van der Waals surface area contributed by atoms with Gasteiger partial charge in [-0.05, 0) is 40.6 Å². The van der Waals surface area contributed by atoms with Gasteiger partial charge in [0.05, 0.1) is 4.61 Å². The first-order valence-corrected chi connectivity index (χ1v) is 5.04. The number of halogens is 1. The van der Waals surface area contributed by atoms with E-state index in [1.165, 1.54) is 5.56 Å². The molecule has 14 heavy (non-hydrogen) atoms. The summed E-state index contributed by atoms with van der Waals surface area (Å²) < 4.78 is 0.563. The van der Waals surface area contributed by atoms with Crippen LogP contribution < -0.4 is 11.5 Å². The number of benzene rings is 1. The molecule has 0 bridgehead atoms. The second-order valence-corrected chi connectivity index (χ2v) is 3.96. The van der Waals surface area contributed by atoms with Gasteiger partial charge in [-0.25, -0.2) is 0 Å². The Bertz CT molecular complexity index is 359. The average Bonchev–Trinajstić information content (AvgIpc) is 2.15. The minimum atomic E-state index is 0.563. The van der Waals surface area contributed by atoms with E-state index in [2.05, 4.69) is 15.9 Å². The highest BCUT2D eigenvalue weighted by Crippen LogP contribution is 2.10. The van der Waals surface area contributed by atoms with Crippen LogP contribution in [0.5, 0.6) is 0 Å². The number of allylic oxidation sites excluding steroid dienone is 2. The number of hydrogen-bond donors (Lipinski definition) is 2. The molecule has 1 aromatic rings. The van der Waals surface area contributed by atoms with Crippen LogP contribution in [0.3, 0.4) is 0 Å². The molecule has 0 aliphatic rings. The average molecular weight is 253 g/mol. The molecule has 3 heteroatoms. The van der Waals surface area contributed by atoms with E-state index in [1.807, 2.05) is 31.2 Å². The van der Waals surface area contributed by atoms with Crippen molar-refractivity contribution >= 4 is 21.6 Å². The second-order valence-electron chi connectivity index (χ2n) is 3.04. The summed E-state index contributed by atoms with van der Waals surface area (Å²) >= 11 is 3.13. The first-order chi connectivity index (χ1) is 6.59. The van der Waals surface area contributed by atoms with Gasteiger partial charge in [0.1, 0.15) is 0 Å². The number of nitrogens with two attached hydrogens (primary N) is 2. The fourth-order valence-electron chi connectivity index (χ4n) is 1.01. The van der Waals surface area contributed by atoms with E-state index >= 15 is 0 Å². The molecule has 0 amide bonds. The minimum absolute atomic E-state index is 0.563. The van der Waals surface area contributed by atoms with Gasteiger partial charge in [-0.3, -0.25) is 0 Å². The molecule has 1 aromatic carbocycles. The Labute approximate surface area is 92.4 Å². The van der Waals surface area contributed by atoms with Gasteiger partial charge in [0.25, 0.3) is 0 Å². The monoisotopic (exact) mass is 252 g/mol. The van der Waals surface area contributed by atoms with Gasteiger partial charge in [-0.2, -0.15) is 0 Å². The number of aryl methyl sites for hydroxylation is 1. The highest BCUT2D eigenvalue weighted by atomic mass is 79.9. The van der Waals surface area contributed by atoms with Crippen LogP contribution in [0.25, 0.3) is 5.70 Å². The van der Waals surface area contributed by atoms with Crippen molar-refractivity contribution in [2.45, 2.75) is 6.92 Å². The van der Waals surface area contributed by atoms with E-state index in [0.717, 1.165) is 5.56 Å². The van der Waals surface area contributed by atoms with Crippen molar-refractivity contribution in [3.8, 4) is 0 Å². The van der Waals surface area contributed by atoms with Crippen molar-refractivity contribution in [3.63, 3.8) is 0 Å². The molecular formula is C11H13BrN2. The maximum absolute atomic E-state index is 5.83. The van der Waals surface area contributed by atoms with Crippen LogP contribution in [0.2, 0.25) is 0 Å². The Morgan fingerprint density at radius 1 is 1.14 bits per heavy atom. The molecule has 74 valence electrons. The largest absolute Gasteiger partial charge is 0.398 e. The van der Waals surface area contributed by atoms with Crippen LogP contribution in [-0.2, 0) is 0 Å². The van der Waals surface area contributed by atoms with Crippen LogP contribution in [-0.4, -0.2) is 0 Å². The lowest BCUT2D eigenvalue weighted by Gasteiger charge is -2.00. The van der Waals surface area contributed by atoms with E-state index in [9.17, 15) is 0 Å². The normalized spacial score (nSPS) is 13.0. The van der Waals surface area contributed by atoms with Crippen LogP contribution in [0.4, 0.5) is 0 Å². The molecule has 0 atom stereocenters. The molecule has 0 heterocycles. The quantitative estimate of drug-likeness (QED) is 0.628. The van der Waals surface area contributed by atoms with E-state index in [-0.39, 0.29) is 0 Å². The topological polar surface area (TPSA) is 52.0 Å². The smallest absolute Gasteiger partial charge is 0.0754 e. The van der Waals surface area contributed by atoms with Gasteiger partial charge >= 0.3 is 0 Å². The predicted octanol–water partition coefficient (Wildman–Crippen LogP) is 2.49. The lowest BCUT2D eigenvalue weighted by molar-refractivity contribution is 1.43. The Kier molecular flexibility index (Phi) is 3.77. The molecule has 0 aliphatic carbocycles. The molecule has 0 aliphatic heterocycles. The highest BCUT2D eigenvalue weighted by Gasteiger charge is 1.93. The van der Waals surface area contributed by atoms with Crippen LogP contribution in [0.1, 0.15) is 11.1 Å². The maximum Gasteiger partial charge on any atom is 0.0754 e. The van der Waals surface area contributed by atoms with Crippen molar-refractivity contribution < 1.29 is 0 Å². The summed E-state index contributed by atoms with van der Waals surface area (Å²) in [6.07, 6.45) is 3.49. The third-order valence-corrected chi connectivity index (χ3v) is 2.07. The predicted molar refractivity (Wildman–Crippen MR) is 64.5 cm³/mol. The Balaban J connectivity index is 2.89. The lowest BCUT2D eigenvalue weighted by Crippen LogP contribution is -1.96. The third kappa shape index (κ3) is 3.26. The molecule has 0 radical (unpaired) electrons. The van der Waals surface area contributed by atoms with E-state index in [1.54, 1.807) is 12.2 Å². The molecule has 0 saturated heterocycles. The van der Waals surface area contributed by atoms with Crippen LogP contribution in [0, 0.1) is 6.92 Å². The van der Waals surface area contributed by atoms with Crippen molar-refractivity contribution in [1.29, 1.82) is 0 Å². The fraction of sp³-hybridized carbons (Fsp3) is 0.0909. The maximum atomic E-state index is 5.83. The molecule has 0 fully saturated rings. The minimum Gasteiger partial charge on any atom is -0.398 e. The molecule has 0 saturated carbocycles. The van der Waals surface area contributed by atoms with Gasteiger partial charge in [-0.15, -0.1) is 0 Å². The van der Waals surface area contributed by atoms with Gasteiger partial charge in [-0.1, -0.05) is 29.8 Å². The summed E-state index contributed by atoms with van der Waals surface area (Å²) in [6, 6.07) is 8.02. The molecule has 4 N–H and O–H groups in total. The molecule has 0 unspecified atom stereocenters. The van der Waals surface area contributed by atoms with Crippen molar-refractivity contribution in [1.82, 2.24) is 0 Å². The van der Waals surface area contributed by atoms with Crippen molar-refractivity contribution in [2.75, 3.05) is 0 Å². The molecule has 0 aromatic heterocycles. The summed E-state index contributed by atoms with van der Waals surface area (Å²) in [5.41, 5.74) is 14.2.